The number of halogens is 4. The van der Waals surface area contributed by atoms with Crippen LogP contribution in [0.1, 0.15) is 6.92 Å². The van der Waals surface area contributed by atoms with Crippen molar-refractivity contribution in [2.24, 2.45) is 5.73 Å². The van der Waals surface area contributed by atoms with Gasteiger partial charge in [0.05, 0.1) is 11.7 Å². The molecule has 0 saturated carbocycles. The van der Waals surface area contributed by atoms with Gasteiger partial charge in [-0.15, -0.1) is 0 Å². The number of fused-ring (bicyclic) bond motifs is 1. The fourth-order valence-electron chi connectivity index (χ4n) is 1.44. The molecule has 1 aromatic heterocycles. The van der Waals surface area contributed by atoms with Crippen LogP contribution in [0.25, 0.3) is 10.9 Å². The van der Waals surface area contributed by atoms with E-state index in [-0.39, 0.29) is 5.91 Å². The van der Waals surface area contributed by atoms with Gasteiger partial charge in [0.1, 0.15) is 0 Å². The van der Waals surface area contributed by atoms with Crippen molar-refractivity contribution in [3.63, 3.8) is 0 Å². The summed E-state index contributed by atoms with van der Waals surface area (Å²) in [6.45, 7) is 1.65. The van der Waals surface area contributed by atoms with E-state index >= 15 is 0 Å². The van der Waals surface area contributed by atoms with E-state index in [9.17, 15) is 18.0 Å². The number of nitrogens with one attached hydrogen (secondary N) is 2. The van der Waals surface area contributed by atoms with Crippen LogP contribution in [0.2, 0.25) is 0 Å². The van der Waals surface area contributed by atoms with Gasteiger partial charge in [0.2, 0.25) is 5.91 Å². The van der Waals surface area contributed by atoms with Crippen molar-refractivity contribution >= 4 is 44.4 Å². The van der Waals surface area contributed by atoms with Crippen molar-refractivity contribution < 1.29 is 27.9 Å². The second kappa shape index (κ2) is 7.47. The van der Waals surface area contributed by atoms with Gasteiger partial charge in [-0.1, -0.05) is 15.9 Å². The highest BCUT2D eigenvalue weighted by Gasteiger charge is 2.38. The number of carbonyl (C=O) groups is 2. The highest BCUT2D eigenvalue weighted by atomic mass is 79.9. The molecule has 0 aliphatic rings. The first-order valence-electron chi connectivity index (χ1n) is 6.15. The number of H-pyrrole nitrogens is 1. The molecule has 2 rings (SSSR count). The van der Waals surface area contributed by atoms with Crippen molar-refractivity contribution in [1.29, 1.82) is 0 Å². The van der Waals surface area contributed by atoms with Gasteiger partial charge in [-0.25, -0.2) is 4.79 Å². The first kappa shape index (κ1) is 19.0. The number of alkyl halides is 3. The lowest BCUT2D eigenvalue weighted by Crippen LogP contribution is -2.32. The molecular formula is C13H13BrF3N3O3. The van der Waals surface area contributed by atoms with Crippen LogP contribution >= 0.6 is 15.9 Å². The van der Waals surface area contributed by atoms with Crippen LogP contribution < -0.4 is 11.1 Å². The van der Waals surface area contributed by atoms with Crippen molar-refractivity contribution in [3.05, 3.63) is 28.9 Å². The molecule has 6 nitrogen and oxygen atoms in total. The Hall–Kier alpha value is -2.07. The maximum atomic E-state index is 11.5. The lowest BCUT2D eigenvalue weighted by atomic mass is 10.2. The van der Waals surface area contributed by atoms with Crippen LogP contribution in [-0.4, -0.2) is 34.2 Å². The number of anilines is 1. The van der Waals surface area contributed by atoms with Crippen LogP contribution in [-0.2, 0) is 9.59 Å². The fraction of sp³-hybridized carbons (Fsp3) is 0.231. The highest BCUT2D eigenvalue weighted by Crippen LogP contribution is 2.26. The zero-order valence-corrected chi connectivity index (χ0v) is 13.3. The van der Waals surface area contributed by atoms with Gasteiger partial charge < -0.3 is 21.1 Å². The maximum Gasteiger partial charge on any atom is 0.490 e. The molecular weight excluding hydrogens is 383 g/mol. The Kier molecular flexibility index (Phi) is 6.16. The average Bonchev–Trinajstić information content (AvgIpc) is 2.80. The van der Waals surface area contributed by atoms with E-state index in [2.05, 4.69) is 26.2 Å². The van der Waals surface area contributed by atoms with E-state index < -0.39 is 18.2 Å². The smallest absolute Gasteiger partial charge is 0.475 e. The molecule has 126 valence electrons. The maximum absolute atomic E-state index is 11.5. The molecule has 0 bridgehead atoms. The number of nitrogens with two attached hydrogens (primary N) is 1. The van der Waals surface area contributed by atoms with E-state index in [1.165, 1.54) is 0 Å². The summed E-state index contributed by atoms with van der Waals surface area (Å²) in [5.41, 5.74) is 7.22. The van der Waals surface area contributed by atoms with Crippen molar-refractivity contribution in [3.8, 4) is 0 Å². The summed E-state index contributed by atoms with van der Waals surface area (Å²) in [6, 6.07) is 5.32. The Bertz CT molecular complexity index is 713. The molecule has 1 atom stereocenters. The number of aromatic amines is 1. The number of carboxylic acids is 1. The summed E-state index contributed by atoms with van der Waals surface area (Å²) < 4.78 is 32.7. The van der Waals surface area contributed by atoms with Crippen LogP contribution in [0.15, 0.2) is 28.9 Å². The number of rotatable bonds is 2. The molecule has 23 heavy (non-hydrogen) atoms. The number of amides is 1. The number of aromatic nitrogens is 1. The normalized spacial score (nSPS) is 12.3. The highest BCUT2D eigenvalue weighted by molar-refractivity contribution is 9.10. The Balaban J connectivity index is 0.000000322. The van der Waals surface area contributed by atoms with E-state index in [0.717, 1.165) is 21.1 Å². The molecule has 0 fully saturated rings. The van der Waals surface area contributed by atoms with Crippen LogP contribution in [0.3, 0.4) is 0 Å². The third kappa shape index (κ3) is 5.57. The van der Waals surface area contributed by atoms with Gasteiger partial charge >= 0.3 is 12.1 Å². The van der Waals surface area contributed by atoms with Gasteiger partial charge in [0, 0.05) is 21.6 Å². The van der Waals surface area contributed by atoms with Crippen molar-refractivity contribution in [2.75, 3.05) is 5.32 Å². The Morgan fingerprint density at radius 3 is 2.43 bits per heavy atom. The summed E-state index contributed by atoms with van der Waals surface area (Å²) in [4.78, 5) is 23.5. The summed E-state index contributed by atoms with van der Waals surface area (Å²) in [5.74, 6) is -2.95. The minimum Gasteiger partial charge on any atom is -0.475 e. The van der Waals surface area contributed by atoms with Crippen LogP contribution in [0, 0.1) is 0 Å². The molecule has 0 radical (unpaired) electrons. The summed E-state index contributed by atoms with van der Waals surface area (Å²) >= 11 is 3.40. The number of hydrogen-bond acceptors (Lipinski definition) is 3. The SMILES string of the molecule is C[C@@H](N)C(=O)Nc1c[nH]c2ccc(Br)cc12.O=C(O)C(F)(F)F. The van der Waals surface area contributed by atoms with E-state index in [1.54, 1.807) is 13.1 Å². The van der Waals surface area contributed by atoms with Gasteiger partial charge in [-0.3, -0.25) is 4.79 Å². The molecule has 1 heterocycles. The summed E-state index contributed by atoms with van der Waals surface area (Å²) in [7, 11) is 0. The second-order valence-corrected chi connectivity index (χ2v) is 5.39. The molecule has 5 N–H and O–H groups in total. The number of hydrogen-bond donors (Lipinski definition) is 4. The Morgan fingerprint density at radius 2 is 1.96 bits per heavy atom. The second-order valence-electron chi connectivity index (χ2n) is 4.47. The predicted octanol–water partition coefficient (Wildman–Crippen LogP) is 2.85. The largest absolute Gasteiger partial charge is 0.490 e. The zero-order chi connectivity index (χ0) is 17.8. The Labute approximate surface area is 137 Å². The first-order chi connectivity index (χ1) is 10.5. The quantitative estimate of drug-likeness (QED) is 0.626. The summed E-state index contributed by atoms with van der Waals surface area (Å²) in [5, 5.41) is 10.9. The third-order valence-corrected chi connectivity index (χ3v) is 3.05. The molecule has 10 heteroatoms. The minimum atomic E-state index is -5.08. The predicted molar refractivity (Wildman–Crippen MR) is 82.0 cm³/mol. The standard InChI is InChI=1S/C11H12BrN3O.C2HF3O2/c1-6(13)11(16)15-10-5-14-9-3-2-7(12)4-8(9)10;3-2(4,5)1(6)7/h2-6,14H,13H2,1H3,(H,15,16);(H,6,7)/t6-;/m1./s1. The zero-order valence-electron chi connectivity index (χ0n) is 11.7. The van der Waals surface area contributed by atoms with Crippen molar-refractivity contribution in [1.82, 2.24) is 4.98 Å². The van der Waals surface area contributed by atoms with Crippen LogP contribution in [0.5, 0.6) is 0 Å². The minimum absolute atomic E-state index is 0.194. The number of carboxylic acid groups (broad SMARTS) is 1. The molecule has 0 saturated heterocycles. The van der Waals surface area contributed by atoms with Crippen molar-refractivity contribution in [2.45, 2.75) is 19.1 Å². The molecule has 0 unspecified atom stereocenters. The fourth-order valence-corrected chi connectivity index (χ4v) is 1.80. The molecule has 1 amide bonds. The molecule has 2 aromatic rings. The van der Waals surface area contributed by atoms with Gasteiger partial charge in [-0.2, -0.15) is 13.2 Å². The topological polar surface area (TPSA) is 108 Å². The molecule has 0 aliphatic heterocycles. The molecule has 0 spiro atoms. The molecule has 0 aliphatic carbocycles. The van der Waals surface area contributed by atoms with Gasteiger partial charge in [0.15, 0.2) is 0 Å². The van der Waals surface area contributed by atoms with Crippen LogP contribution in [0.4, 0.5) is 18.9 Å². The molecule has 1 aromatic carbocycles. The van der Waals surface area contributed by atoms with Gasteiger partial charge in [-0.05, 0) is 25.1 Å². The van der Waals surface area contributed by atoms with E-state index in [4.69, 9.17) is 15.6 Å². The number of carbonyl (C=O) groups excluding carboxylic acids is 1. The summed E-state index contributed by atoms with van der Waals surface area (Å²) in [6.07, 6.45) is -3.32. The number of aliphatic carboxylic acids is 1. The lowest BCUT2D eigenvalue weighted by molar-refractivity contribution is -0.192. The Morgan fingerprint density at radius 1 is 1.39 bits per heavy atom. The first-order valence-corrected chi connectivity index (χ1v) is 6.95. The van der Waals surface area contributed by atoms with E-state index in [0.29, 0.717) is 0 Å². The third-order valence-electron chi connectivity index (χ3n) is 2.56. The number of benzene rings is 1. The lowest BCUT2D eigenvalue weighted by Gasteiger charge is -2.06. The average molecular weight is 396 g/mol. The monoisotopic (exact) mass is 395 g/mol. The van der Waals surface area contributed by atoms with Gasteiger partial charge in [0.25, 0.3) is 0 Å². The van der Waals surface area contributed by atoms with E-state index in [1.807, 2.05) is 18.2 Å².